The van der Waals surface area contributed by atoms with Gasteiger partial charge in [0, 0.05) is 10.9 Å². The summed E-state index contributed by atoms with van der Waals surface area (Å²) in [5.74, 6) is -1.45. The van der Waals surface area contributed by atoms with Gasteiger partial charge in [0.05, 0.1) is 18.9 Å². The van der Waals surface area contributed by atoms with Crippen molar-refractivity contribution in [2.45, 2.75) is 19.0 Å². The fourth-order valence-corrected chi connectivity index (χ4v) is 4.40. The van der Waals surface area contributed by atoms with E-state index in [1.165, 1.54) is 18.4 Å². The molecule has 2 heterocycles. The third-order valence-electron chi connectivity index (χ3n) is 4.16. The van der Waals surface area contributed by atoms with E-state index in [-0.39, 0.29) is 10.9 Å². The van der Waals surface area contributed by atoms with Crippen LogP contribution in [0, 0.1) is 13.8 Å². The van der Waals surface area contributed by atoms with Crippen molar-refractivity contribution in [3.05, 3.63) is 56.7 Å². The monoisotopic (exact) mass is 445 g/mol. The maximum absolute atomic E-state index is 12.5. The van der Waals surface area contributed by atoms with Crippen LogP contribution in [0.2, 0.25) is 0 Å². The van der Waals surface area contributed by atoms with Crippen molar-refractivity contribution in [3.8, 4) is 17.0 Å². The molecular weight excluding hydrogens is 426 g/mol. The number of nitrogens with one attached hydrogen (secondary N) is 2. The summed E-state index contributed by atoms with van der Waals surface area (Å²) in [7, 11) is 1.29. The first-order valence-electron chi connectivity index (χ1n) is 8.79. The number of hydrogen-bond donors (Lipinski definition) is 3. The Morgan fingerprint density at radius 3 is 2.73 bits per heavy atom. The molecule has 0 saturated carbocycles. The molecule has 0 fully saturated rings. The molecule has 0 radical (unpaired) electrons. The zero-order valence-corrected chi connectivity index (χ0v) is 18.1. The fraction of sp³-hybridized carbons (Fsp3) is 0.200. The van der Waals surface area contributed by atoms with E-state index in [9.17, 15) is 19.5 Å². The third-order valence-corrected chi connectivity index (χ3v) is 5.93. The summed E-state index contributed by atoms with van der Waals surface area (Å²) in [5.41, 5.74) is 3.40. The van der Waals surface area contributed by atoms with Crippen LogP contribution in [0.3, 0.4) is 0 Å². The number of aromatic hydroxyl groups is 1. The highest BCUT2D eigenvalue weighted by Gasteiger charge is 2.23. The van der Waals surface area contributed by atoms with Gasteiger partial charge in [-0.2, -0.15) is 4.98 Å². The number of thioether (sulfide) groups is 1. The van der Waals surface area contributed by atoms with Crippen molar-refractivity contribution in [1.29, 1.82) is 0 Å². The molecule has 0 saturated heterocycles. The summed E-state index contributed by atoms with van der Waals surface area (Å²) in [6.45, 7) is 3.91. The first-order chi connectivity index (χ1) is 14.3. The quantitative estimate of drug-likeness (QED) is 0.302. The van der Waals surface area contributed by atoms with Crippen LogP contribution in [0.5, 0.6) is 5.88 Å². The smallest absolute Gasteiger partial charge is 0.341 e. The number of benzene rings is 1. The lowest BCUT2D eigenvalue weighted by molar-refractivity contribution is -0.113. The van der Waals surface area contributed by atoms with Crippen molar-refractivity contribution in [1.82, 2.24) is 9.97 Å². The van der Waals surface area contributed by atoms with Gasteiger partial charge in [-0.1, -0.05) is 35.5 Å². The predicted octanol–water partition coefficient (Wildman–Crippen LogP) is 3.34. The Labute approximate surface area is 180 Å². The zero-order valence-electron chi connectivity index (χ0n) is 16.4. The molecule has 0 spiro atoms. The van der Waals surface area contributed by atoms with E-state index in [0.29, 0.717) is 16.1 Å². The second-order valence-electron chi connectivity index (χ2n) is 6.41. The van der Waals surface area contributed by atoms with Crippen molar-refractivity contribution in [3.63, 3.8) is 0 Å². The van der Waals surface area contributed by atoms with Gasteiger partial charge in [0.2, 0.25) is 11.8 Å². The van der Waals surface area contributed by atoms with Gasteiger partial charge in [-0.25, -0.2) is 4.79 Å². The Bertz CT molecular complexity index is 1170. The van der Waals surface area contributed by atoms with Crippen LogP contribution in [0.25, 0.3) is 11.1 Å². The number of anilines is 1. The number of thiophene rings is 1. The van der Waals surface area contributed by atoms with Gasteiger partial charge in [-0.15, -0.1) is 11.3 Å². The number of rotatable bonds is 6. The Morgan fingerprint density at radius 2 is 2.03 bits per heavy atom. The topological polar surface area (TPSA) is 121 Å². The average Bonchev–Trinajstić information content (AvgIpc) is 3.10. The van der Waals surface area contributed by atoms with Crippen LogP contribution in [-0.2, 0) is 9.53 Å². The maximum atomic E-state index is 12.5. The molecule has 8 nitrogen and oxygen atoms in total. The lowest BCUT2D eigenvalue weighted by atomic mass is 9.97. The van der Waals surface area contributed by atoms with E-state index in [1.807, 2.05) is 37.4 Å². The molecule has 0 unspecified atom stereocenters. The maximum Gasteiger partial charge on any atom is 0.341 e. The summed E-state index contributed by atoms with van der Waals surface area (Å²) in [5, 5.41) is 14.4. The van der Waals surface area contributed by atoms with E-state index in [0.717, 1.165) is 34.5 Å². The minimum Gasteiger partial charge on any atom is -0.493 e. The van der Waals surface area contributed by atoms with Gasteiger partial charge < -0.3 is 20.1 Å². The first kappa shape index (κ1) is 21.6. The highest BCUT2D eigenvalue weighted by Crippen LogP contribution is 2.38. The molecule has 3 aromatic rings. The lowest BCUT2D eigenvalue weighted by Crippen LogP contribution is -2.16. The number of nitrogens with zero attached hydrogens (tertiary/aromatic N) is 1. The molecule has 3 rings (SSSR count). The third kappa shape index (κ3) is 4.89. The van der Waals surface area contributed by atoms with E-state index >= 15 is 0 Å². The number of methoxy groups -OCH3 is 1. The largest absolute Gasteiger partial charge is 0.493 e. The molecule has 30 heavy (non-hydrogen) atoms. The number of aromatic amines is 1. The van der Waals surface area contributed by atoms with Gasteiger partial charge in [-0.3, -0.25) is 9.59 Å². The van der Waals surface area contributed by atoms with Gasteiger partial charge in [0.1, 0.15) is 10.6 Å². The number of ether oxygens (including phenoxy) is 1. The molecule has 1 amide bonds. The molecule has 0 aliphatic carbocycles. The van der Waals surface area contributed by atoms with Crippen LogP contribution in [0.1, 0.15) is 21.5 Å². The van der Waals surface area contributed by atoms with Gasteiger partial charge in [0.25, 0.3) is 5.56 Å². The number of aryl methyl sites for hydroxylation is 2. The number of carbonyl (C=O) groups is 2. The molecule has 0 aliphatic heterocycles. The number of amides is 1. The van der Waals surface area contributed by atoms with Gasteiger partial charge in [-0.05, 0) is 25.0 Å². The van der Waals surface area contributed by atoms with Crippen LogP contribution >= 0.6 is 23.1 Å². The highest BCUT2D eigenvalue weighted by atomic mass is 32.2. The van der Waals surface area contributed by atoms with Crippen LogP contribution in [0.15, 0.2) is 39.6 Å². The van der Waals surface area contributed by atoms with E-state index in [1.54, 1.807) is 0 Å². The lowest BCUT2D eigenvalue weighted by Gasteiger charge is -2.10. The molecule has 0 atom stereocenters. The van der Waals surface area contributed by atoms with Crippen LogP contribution in [-0.4, -0.2) is 39.8 Å². The Morgan fingerprint density at radius 1 is 1.27 bits per heavy atom. The number of hydrogen-bond acceptors (Lipinski definition) is 8. The zero-order chi connectivity index (χ0) is 21.8. The van der Waals surface area contributed by atoms with Crippen molar-refractivity contribution in [2.24, 2.45) is 0 Å². The molecule has 0 bridgehead atoms. The van der Waals surface area contributed by atoms with Gasteiger partial charge >= 0.3 is 5.97 Å². The van der Waals surface area contributed by atoms with Gasteiger partial charge in [0.15, 0.2) is 5.16 Å². The number of H-pyrrole nitrogens is 1. The second-order valence-corrected chi connectivity index (χ2v) is 8.25. The minimum absolute atomic E-state index is 0.0797. The molecular formula is C20H19N3O5S2. The molecule has 10 heteroatoms. The first-order valence-corrected chi connectivity index (χ1v) is 10.7. The summed E-state index contributed by atoms with van der Waals surface area (Å²) >= 11 is 2.18. The molecule has 0 aliphatic rings. The SMILES string of the molecule is COC(=O)c1c(-c2cc(C)ccc2C)csc1NC(=O)CSc1nc(O)cc(=O)[nH]1. The predicted molar refractivity (Wildman–Crippen MR) is 116 cm³/mol. The van der Waals surface area contributed by atoms with Crippen LogP contribution in [0.4, 0.5) is 5.00 Å². The molecule has 3 N–H and O–H groups in total. The molecule has 2 aromatic heterocycles. The number of aromatic nitrogens is 2. The normalized spacial score (nSPS) is 10.6. The summed E-state index contributed by atoms with van der Waals surface area (Å²) in [4.78, 5) is 42.4. The minimum atomic E-state index is -0.547. The van der Waals surface area contributed by atoms with E-state index in [4.69, 9.17) is 4.74 Å². The molecule has 1 aromatic carbocycles. The highest BCUT2D eigenvalue weighted by molar-refractivity contribution is 7.99. The Hall–Kier alpha value is -3.11. The Balaban J connectivity index is 1.84. The van der Waals surface area contributed by atoms with E-state index < -0.39 is 23.3 Å². The van der Waals surface area contributed by atoms with Crippen molar-refractivity contribution in [2.75, 3.05) is 18.2 Å². The second kappa shape index (κ2) is 9.14. The Kier molecular flexibility index (Phi) is 6.58. The average molecular weight is 446 g/mol. The summed E-state index contributed by atoms with van der Waals surface area (Å²) < 4.78 is 4.94. The summed E-state index contributed by atoms with van der Waals surface area (Å²) in [6.07, 6.45) is 0. The van der Waals surface area contributed by atoms with Crippen molar-refractivity contribution < 1.29 is 19.4 Å². The fourth-order valence-electron chi connectivity index (χ4n) is 2.77. The van der Waals surface area contributed by atoms with Crippen LogP contribution < -0.4 is 10.9 Å². The molecule has 156 valence electrons. The standard InChI is InChI=1S/C20H19N3O5S2/c1-10-4-5-11(2)12(6-10)13-8-29-18(17(13)19(27)28-3)21-16(26)9-30-20-22-14(24)7-15(25)23-20/h4-8H,9H2,1-3H3,(H,21,26)(H2,22,23,24,25). The van der Waals surface area contributed by atoms with Crippen molar-refractivity contribution >= 4 is 40.0 Å². The van der Waals surface area contributed by atoms with E-state index in [2.05, 4.69) is 15.3 Å². The number of carbonyl (C=O) groups excluding carboxylic acids is 2. The summed E-state index contributed by atoms with van der Waals surface area (Å²) in [6, 6.07) is 6.88. The number of esters is 1.